The topological polar surface area (TPSA) is 0 Å². The summed E-state index contributed by atoms with van der Waals surface area (Å²) >= 11 is 1.83. The highest BCUT2D eigenvalue weighted by Crippen LogP contribution is 2.27. The van der Waals surface area contributed by atoms with Crippen LogP contribution in [0, 0.1) is 6.92 Å². The standard InChI is InChI=1S/C13H14S/c1-3-11-8-13(14-9-11)12-6-4-10(2)5-7-12/h4-9H,3H2,1-2H3. The molecule has 0 fully saturated rings. The van der Waals surface area contributed by atoms with Gasteiger partial charge in [0.05, 0.1) is 0 Å². The normalized spacial score (nSPS) is 10.4. The SMILES string of the molecule is CCc1csc(-c2ccc(C)cc2)c1. The molecule has 1 heteroatoms. The van der Waals surface area contributed by atoms with Gasteiger partial charge in [-0.3, -0.25) is 0 Å². The van der Waals surface area contributed by atoms with E-state index in [0.29, 0.717) is 0 Å². The highest BCUT2D eigenvalue weighted by atomic mass is 32.1. The molecular weight excluding hydrogens is 188 g/mol. The second-order valence-electron chi connectivity index (χ2n) is 3.54. The van der Waals surface area contributed by atoms with Crippen LogP contribution in [-0.2, 0) is 6.42 Å². The quantitative estimate of drug-likeness (QED) is 0.681. The Morgan fingerprint density at radius 3 is 2.43 bits per heavy atom. The first-order valence-corrected chi connectivity index (χ1v) is 5.82. The van der Waals surface area contributed by atoms with Crippen molar-refractivity contribution in [3.8, 4) is 10.4 Å². The van der Waals surface area contributed by atoms with E-state index in [1.807, 2.05) is 11.3 Å². The van der Waals surface area contributed by atoms with Gasteiger partial charge in [0.2, 0.25) is 0 Å². The fourth-order valence-electron chi connectivity index (χ4n) is 1.43. The Bertz CT molecular complexity index is 409. The molecule has 0 aliphatic carbocycles. The van der Waals surface area contributed by atoms with Crippen molar-refractivity contribution < 1.29 is 0 Å². The van der Waals surface area contributed by atoms with E-state index < -0.39 is 0 Å². The van der Waals surface area contributed by atoms with Gasteiger partial charge in [-0.15, -0.1) is 11.3 Å². The molecule has 0 radical (unpaired) electrons. The summed E-state index contributed by atoms with van der Waals surface area (Å²) in [5.41, 5.74) is 4.09. The van der Waals surface area contributed by atoms with Crippen molar-refractivity contribution >= 4 is 11.3 Å². The average molecular weight is 202 g/mol. The smallest absolute Gasteiger partial charge is 0.0345 e. The lowest BCUT2D eigenvalue weighted by Crippen LogP contribution is -1.74. The van der Waals surface area contributed by atoms with Crippen LogP contribution in [-0.4, -0.2) is 0 Å². The van der Waals surface area contributed by atoms with E-state index in [-0.39, 0.29) is 0 Å². The predicted molar refractivity (Wildman–Crippen MR) is 63.9 cm³/mol. The highest BCUT2D eigenvalue weighted by molar-refractivity contribution is 7.13. The minimum atomic E-state index is 1.13. The molecule has 2 rings (SSSR count). The Hall–Kier alpha value is -1.08. The van der Waals surface area contributed by atoms with Crippen molar-refractivity contribution in [2.45, 2.75) is 20.3 Å². The largest absolute Gasteiger partial charge is 0.144 e. The van der Waals surface area contributed by atoms with Crippen LogP contribution in [0.1, 0.15) is 18.1 Å². The molecule has 0 saturated heterocycles. The molecule has 0 nitrogen and oxygen atoms in total. The summed E-state index contributed by atoms with van der Waals surface area (Å²) in [7, 11) is 0. The zero-order valence-electron chi connectivity index (χ0n) is 8.58. The number of benzene rings is 1. The number of rotatable bonds is 2. The van der Waals surface area contributed by atoms with Crippen molar-refractivity contribution in [1.82, 2.24) is 0 Å². The van der Waals surface area contributed by atoms with E-state index in [2.05, 4.69) is 49.6 Å². The van der Waals surface area contributed by atoms with Crippen molar-refractivity contribution in [1.29, 1.82) is 0 Å². The van der Waals surface area contributed by atoms with Gasteiger partial charge >= 0.3 is 0 Å². The van der Waals surface area contributed by atoms with Gasteiger partial charge in [0, 0.05) is 4.88 Å². The molecule has 0 saturated carbocycles. The lowest BCUT2D eigenvalue weighted by Gasteiger charge is -1.97. The number of hydrogen-bond acceptors (Lipinski definition) is 1. The van der Waals surface area contributed by atoms with Gasteiger partial charge in [-0.25, -0.2) is 0 Å². The minimum absolute atomic E-state index is 1.13. The summed E-state index contributed by atoms with van der Waals surface area (Å²) in [4.78, 5) is 1.38. The van der Waals surface area contributed by atoms with Crippen LogP contribution in [0.25, 0.3) is 10.4 Å². The van der Waals surface area contributed by atoms with Crippen molar-refractivity contribution in [2.24, 2.45) is 0 Å². The maximum absolute atomic E-state index is 2.29. The summed E-state index contributed by atoms with van der Waals surface area (Å²) in [5, 5.41) is 2.25. The zero-order valence-corrected chi connectivity index (χ0v) is 9.40. The van der Waals surface area contributed by atoms with Crippen LogP contribution in [0.2, 0.25) is 0 Å². The summed E-state index contributed by atoms with van der Waals surface area (Å²) in [6.07, 6.45) is 1.13. The molecule has 0 atom stereocenters. The Labute approximate surface area is 89.2 Å². The first kappa shape index (κ1) is 9.47. The molecule has 1 aromatic carbocycles. The van der Waals surface area contributed by atoms with Crippen molar-refractivity contribution in [3.05, 3.63) is 46.8 Å². The summed E-state index contributed by atoms with van der Waals surface area (Å²) < 4.78 is 0. The Kier molecular flexibility index (Phi) is 2.69. The van der Waals surface area contributed by atoms with E-state index in [1.165, 1.54) is 21.6 Å². The maximum atomic E-state index is 2.29. The summed E-state index contributed by atoms with van der Waals surface area (Å²) in [6.45, 7) is 4.32. The van der Waals surface area contributed by atoms with E-state index in [1.54, 1.807) is 0 Å². The molecular formula is C13H14S. The second kappa shape index (κ2) is 3.97. The van der Waals surface area contributed by atoms with Crippen molar-refractivity contribution in [3.63, 3.8) is 0 Å². The molecule has 2 aromatic rings. The molecule has 0 aliphatic heterocycles. The maximum Gasteiger partial charge on any atom is 0.0345 e. The predicted octanol–water partition coefficient (Wildman–Crippen LogP) is 4.29. The Morgan fingerprint density at radius 2 is 1.86 bits per heavy atom. The first-order valence-electron chi connectivity index (χ1n) is 4.94. The zero-order chi connectivity index (χ0) is 9.97. The summed E-state index contributed by atoms with van der Waals surface area (Å²) in [6, 6.07) is 11.0. The molecule has 0 amide bonds. The van der Waals surface area contributed by atoms with Gasteiger partial charge in [-0.1, -0.05) is 36.8 Å². The molecule has 0 spiro atoms. The van der Waals surface area contributed by atoms with Gasteiger partial charge in [0.15, 0.2) is 0 Å². The van der Waals surface area contributed by atoms with E-state index in [4.69, 9.17) is 0 Å². The fraction of sp³-hybridized carbons (Fsp3) is 0.231. The Morgan fingerprint density at radius 1 is 1.14 bits per heavy atom. The molecule has 72 valence electrons. The van der Waals surface area contributed by atoms with Gasteiger partial charge in [-0.05, 0) is 35.9 Å². The molecule has 1 heterocycles. The minimum Gasteiger partial charge on any atom is -0.144 e. The third-order valence-electron chi connectivity index (χ3n) is 2.40. The van der Waals surface area contributed by atoms with Crippen LogP contribution in [0.3, 0.4) is 0 Å². The molecule has 0 aliphatic rings. The number of thiophene rings is 1. The van der Waals surface area contributed by atoms with Crippen LogP contribution in [0.4, 0.5) is 0 Å². The molecule has 0 N–H and O–H groups in total. The molecule has 14 heavy (non-hydrogen) atoms. The van der Waals surface area contributed by atoms with Crippen molar-refractivity contribution in [2.75, 3.05) is 0 Å². The monoisotopic (exact) mass is 202 g/mol. The third-order valence-corrected chi connectivity index (χ3v) is 3.43. The average Bonchev–Trinajstić information content (AvgIpc) is 2.67. The highest BCUT2D eigenvalue weighted by Gasteiger charge is 2.00. The van der Waals surface area contributed by atoms with E-state index in [0.717, 1.165) is 6.42 Å². The van der Waals surface area contributed by atoms with Gasteiger partial charge in [-0.2, -0.15) is 0 Å². The van der Waals surface area contributed by atoms with Crippen LogP contribution in [0.15, 0.2) is 35.7 Å². The van der Waals surface area contributed by atoms with E-state index >= 15 is 0 Å². The second-order valence-corrected chi connectivity index (χ2v) is 4.45. The number of aryl methyl sites for hydroxylation is 2. The molecule has 0 bridgehead atoms. The first-order chi connectivity index (χ1) is 6.79. The lowest BCUT2D eigenvalue weighted by molar-refractivity contribution is 1.16. The summed E-state index contributed by atoms with van der Waals surface area (Å²) in [5.74, 6) is 0. The van der Waals surface area contributed by atoms with Crippen LogP contribution in [0.5, 0.6) is 0 Å². The van der Waals surface area contributed by atoms with Crippen LogP contribution >= 0.6 is 11.3 Å². The van der Waals surface area contributed by atoms with Crippen LogP contribution < -0.4 is 0 Å². The lowest BCUT2D eigenvalue weighted by atomic mass is 10.1. The Balaban J connectivity index is 2.34. The fourth-order valence-corrected chi connectivity index (χ4v) is 2.43. The molecule has 1 aromatic heterocycles. The van der Waals surface area contributed by atoms with Gasteiger partial charge in [0.1, 0.15) is 0 Å². The third kappa shape index (κ3) is 1.88. The van der Waals surface area contributed by atoms with E-state index in [9.17, 15) is 0 Å². The van der Waals surface area contributed by atoms with Gasteiger partial charge < -0.3 is 0 Å². The number of hydrogen-bond donors (Lipinski definition) is 0. The van der Waals surface area contributed by atoms with Gasteiger partial charge in [0.25, 0.3) is 0 Å². The molecule has 0 unspecified atom stereocenters.